The fourth-order valence-corrected chi connectivity index (χ4v) is 1.71. The molecule has 1 aliphatic heterocycles. The molecule has 3 nitrogen and oxygen atoms in total. The third-order valence-corrected chi connectivity index (χ3v) is 2.32. The maximum atomic E-state index is 8.31. The predicted molar refractivity (Wildman–Crippen MR) is 43.9 cm³/mol. The van der Waals surface area contributed by atoms with Gasteiger partial charge in [0.1, 0.15) is 0 Å². The molecular weight excluding hydrogens is 138 g/mol. The molecule has 1 aliphatic rings. The van der Waals surface area contributed by atoms with Crippen molar-refractivity contribution in [1.82, 2.24) is 10.2 Å². The Morgan fingerprint density at radius 1 is 1.73 bits per heavy atom. The summed E-state index contributed by atoms with van der Waals surface area (Å²) in [6, 6.07) is 0.597. The highest BCUT2D eigenvalue weighted by molar-refractivity contribution is 4.82. The van der Waals surface area contributed by atoms with E-state index < -0.39 is 0 Å². The highest BCUT2D eigenvalue weighted by atomic mass is 15.2. The fraction of sp³-hybridized carbons (Fsp3) is 0.875. The first kappa shape index (κ1) is 8.35. The Hall–Kier alpha value is -0.750. The zero-order chi connectivity index (χ0) is 8.10. The number of likely N-dealkylation sites (tertiary alicyclic amines) is 1. The van der Waals surface area contributed by atoms with Gasteiger partial charge in [0.05, 0.1) is 0 Å². The van der Waals surface area contributed by atoms with Crippen molar-refractivity contribution >= 4 is 0 Å². The predicted octanol–water partition coefficient (Wildman–Crippen LogP) is 0.541. The molecule has 0 aromatic rings. The van der Waals surface area contributed by atoms with Crippen LogP contribution in [0.15, 0.2) is 0 Å². The van der Waals surface area contributed by atoms with E-state index in [0.29, 0.717) is 6.04 Å². The molecule has 1 fully saturated rings. The minimum atomic E-state index is 0.597. The summed E-state index contributed by atoms with van der Waals surface area (Å²) in [6.45, 7) is 5.31. The van der Waals surface area contributed by atoms with Gasteiger partial charge in [0.15, 0.2) is 6.19 Å². The van der Waals surface area contributed by atoms with Crippen molar-refractivity contribution in [2.45, 2.75) is 25.8 Å². The van der Waals surface area contributed by atoms with E-state index >= 15 is 0 Å². The number of hydrogen-bond acceptors (Lipinski definition) is 3. The van der Waals surface area contributed by atoms with Crippen molar-refractivity contribution in [3.8, 4) is 6.19 Å². The first-order chi connectivity index (χ1) is 5.38. The van der Waals surface area contributed by atoms with Gasteiger partial charge in [-0.25, -0.2) is 0 Å². The zero-order valence-corrected chi connectivity index (χ0v) is 7.01. The molecule has 0 aromatic carbocycles. The lowest BCUT2D eigenvalue weighted by Gasteiger charge is -2.21. The molecule has 1 atom stereocenters. The van der Waals surface area contributed by atoms with Crippen LogP contribution in [0.2, 0.25) is 0 Å². The third kappa shape index (κ3) is 2.09. The highest BCUT2D eigenvalue weighted by Gasteiger charge is 2.21. The summed E-state index contributed by atoms with van der Waals surface area (Å²) in [5.41, 5.74) is 0. The number of nitriles is 1. The Labute approximate surface area is 68.0 Å². The number of hydrogen-bond donors (Lipinski definition) is 1. The van der Waals surface area contributed by atoms with E-state index in [4.69, 9.17) is 5.26 Å². The van der Waals surface area contributed by atoms with Crippen LogP contribution in [-0.2, 0) is 0 Å². The van der Waals surface area contributed by atoms with Gasteiger partial charge in [-0.05, 0) is 25.9 Å². The van der Waals surface area contributed by atoms with E-state index in [2.05, 4.69) is 17.1 Å². The summed E-state index contributed by atoms with van der Waals surface area (Å²) in [4.78, 5) is 2.42. The second kappa shape index (κ2) is 4.20. The van der Waals surface area contributed by atoms with Crippen LogP contribution in [0.1, 0.15) is 19.8 Å². The Morgan fingerprint density at radius 2 is 2.55 bits per heavy atom. The number of rotatable bonds is 3. The standard InChI is InChI=1S/C8H15N3/c1-2-11-5-3-4-8(11)6-10-7-9/h8,10H,2-6H2,1H3. The summed E-state index contributed by atoms with van der Waals surface area (Å²) < 4.78 is 0. The Morgan fingerprint density at radius 3 is 3.18 bits per heavy atom. The van der Waals surface area contributed by atoms with Crippen LogP contribution in [0, 0.1) is 11.5 Å². The average molecular weight is 153 g/mol. The molecule has 11 heavy (non-hydrogen) atoms. The van der Waals surface area contributed by atoms with Crippen molar-refractivity contribution in [2.75, 3.05) is 19.6 Å². The lowest BCUT2D eigenvalue weighted by atomic mass is 10.2. The zero-order valence-electron chi connectivity index (χ0n) is 7.01. The van der Waals surface area contributed by atoms with Gasteiger partial charge in [-0.1, -0.05) is 6.92 Å². The van der Waals surface area contributed by atoms with E-state index in [1.807, 2.05) is 6.19 Å². The van der Waals surface area contributed by atoms with Crippen LogP contribution in [0.5, 0.6) is 0 Å². The molecule has 0 aromatic heterocycles. The second-order valence-corrected chi connectivity index (χ2v) is 2.92. The Kier molecular flexibility index (Phi) is 3.18. The number of nitrogens with zero attached hydrogens (tertiary/aromatic N) is 2. The molecule has 0 aliphatic carbocycles. The summed E-state index contributed by atoms with van der Waals surface area (Å²) in [5, 5.41) is 11.0. The minimum absolute atomic E-state index is 0.597. The van der Waals surface area contributed by atoms with Gasteiger partial charge in [0.25, 0.3) is 0 Å². The van der Waals surface area contributed by atoms with Crippen molar-refractivity contribution < 1.29 is 0 Å². The smallest absolute Gasteiger partial charge is 0.176 e. The molecule has 0 radical (unpaired) electrons. The average Bonchev–Trinajstić information content (AvgIpc) is 2.47. The maximum Gasteiger partial charge on any atom is 0.176 e. The van der Waals surface area contributed by atoms with Gasteiger partial charge in [-0.3, -0.25) is 4.90 Å². The lowest BCUT2D eigenvalue weighted by Crippen LogP contribution is -2.36. The monoisotopic (exact) mass is 153 g/mol. The Balaban J connectivity index is 2.27. The molecule has 0 spiro atoms. The summed E-state index contributed by atoms with van der Waals surface area (Å²) in [6.07, 6.45) is 4.48. The van der Waals surface area contributed by atoms with Crippen LogP contribution >= 0.6 is 0 Å². The topological polar surface area (TPSA) is 39.1 Å². The second-order valence-electron chi connectivity index (χ2n) is 2.92. The lowest BCUT2D eigenvalue weighted by molar-refractivity contribution is 0.266. The van der Waals surface area contributed by atoms with Gasteiger partial charge in [0, 0.05) is 12.6 Å². The van der Waals surface area contributed by atoms with Crippen molar-refractivity contribution in [1.29, 1.82) is 5.26 Å². The number of likely N-dealkylation sites (N-methyl/N-ethyl adjacent to an activating group) is 1. The largest absolute Gasteiger partial charge is 0.322 e. The Bertz CT molecular complexity index is 150. The third-order valence-electron chi connectivity index (χ3n) is 2.32. The first-order valence-electron chi connectivity index (χ1n) is 4.24. The quantitative estimate of drug-likeness (QED) is 0.475. The van der Waals surface area contributed by atoms with Crippen LogP contribution in [0.3, 0.4) is 0 Å². The first-order valence-corrected chi connectivity index (χ1v) is 4.24. The molecule has 1 N–H and O–H groups in total. The summed E-state index contributed by atoms with van der Waals surface area (Å²) >= 11 is 0. The molecule has 1 heterocycles. The van der Waals surface area contributed by atoms with Crippen LogP contribution in [0.25, 0.3) is 0 Å². The summed E-state index contributed by atoms with van der Waals surface area (Å²) in [7, 11) is 0. The molecule has 1 saturated heterocycles. The van der Waals surface area contributed by atoms with E-state index in [1.165, 1.54) is 19.4 Å². The van der Waals surface area contributed by atoms with Crippen LogP contribution in [0.4, 0.5) is 0 Å². The molecule has 1 rings (SSSR count). The molecule has 62 valence electrons. The van der Waals surface area contributed by atoms with E-state index in [0.717, 1.165) is 13.1 Å². The van der Waals surface area contributed by atoms with Crippen molar-refractivity contribution in [2.24, 2.45) is 0 Å². The SMILES string of the molecule is CCN1CCCC1CNC#N. The normalized spacial score (nSPS) is 24.9. The molecule has 0 amide bonds. The molecular formula is C8H15N3. The molecule has 3 heteroatoms. The van der Waals surface area contributed by atoms with E-state index in [9.17, 15) is 0 Å². The van der Waals surface area contributed by atoms with Crippen molar-refractivity contribution in [3.63, 3.8) is 0 Å². The highest BCUT2D eigenvalue weighted by Crippen LogP contribution is 2.15. The van der Waals surface area contributed by atoms with E-state index in [1.54, 1.807) is 0 Å². The fourth-order valence-electron chi connectivity index (χ4n) is 1.71. The number of nitrogens with one attached hydrogen (secondary N) is 1. The van der Waals surface area contributed by atoms with Crippen LogP contribution in [-0.4, -0.2) is 30.6 Å². The maximum absolute atomic E-state index is 8.31. The van der Waals surface area contributed by atoms with Gasteiger partial charge in [0.2, 0.25) is 0 Å². The van der Waals surface area contributed by atoms with Crippen molar-refractivity contribution in [3.05, 3.63) is 0 Å². The van der Waals surface area contributed by atoms with Gasteiger partial charge >= 0.3 is 0 Å². The molecule has 0 bridgehead atoms. The minimum Gasteiger partial charge on any atom is -0.322 e. The van der Waals surface area contributed by atoms with Crippen LogP contribution < -0.4 is 5.32 Å². The van der Waals surface area contributed by atoms with E-state index in [-0.39, 0.29) is 0 Å². The molecule has 0 saturated carbocycles. The van der Waals surface area contributed by atoms with Gasteiger partial charge in [-0.15, -0.1) is 0 Å². The molecule has 1 unspecified atom stereocenters. The van der Waals surface area contributed by atoms with Gasteiger partial charge < -0.3 is 5.32 Å². The van der Waals surface area contributed by atoms with Gasteiger partial charge in [-0.2, -0.15) is 5.26 Å². The summed E-state index contributed by atoms with van der Waals surface area (Å²) in [5.74, 6) is 0.